The average molecular weight is 350 g/mol. The Morgan fingerprint density at radius 1 is 1.23 bits per heavy atom. The first-order valence-corrected chi connectivity index (χ1v) is 8.02. The molecule has 0 bridgehead atoms. The Hall–Kier alpha value is -3.48. The summed E-state index contributed by atoms with van der Waals surface area (Å²) in [7, 11) is 0. The molecule has 0 aliphatic carbocycles. The zero-order valence-corrected chi connectivity index (χ0v) is 13.9. The second kappa shape index (κ2) is 6.44. The highest BCUT2D eigenvalue weighted by Gasteiger charge is 2.17. The van der Waals surface area contributed by atoms with Crippen LogP contribution in [0.4, 0.5) is 10.2 Å². The van der Waals surface area contributed by atoms with Gasteiger partial charge in [-0.1, -0.05) is 6.07 Å². The average Bonchev–Trinajstić information content (AvgIpc) is 3.27. The van der Waals surface area contributed by atoms with Crippen LogP contribution in [-0.2, 0) is 6.54 Å². The highest BCUT2D eigenvalue weighted by molar-refractivity contribution is 6.04. The van der Waals surface area contributed by atoms with Gasteiger partial charge in [0.2, 0.25) is 0 Å². The maximum Gasteiger partial charge on any atom is 0.292 e. The Labute approximate surface area is 148 Å². The van der Waals surface area contributed by atoms with E-state index >= 15 is 0 Å². The SMILES string of the molecule is Cc1ccc(F)c2oc(C(=O)Nc3ccn(Cc4ccncc4)n3)cc12. The molecule has 1 amide bonds. The number of aryl methyl sites for hydroxylation is 1. The Bertz CT molecular complexity index is 1050. The lowest BCUT2D eigenvalue weighted by Gasteiger charge is -2.01. The number of amides is 1. The van der Waals surface area contributed by atoms with Crippen LogP contribution in [0.15, 0.2) is 59.4 Å². The molecular formula is C19H15FN4O2. The topological polar surface area (TPSA) is 73.0 Å². The summed E-state index contributed by atoms with van der Waals surface area (Å²) in [6.45, 7) is 2.40. The van der Waals surface area contributed by atoms with Crippen molar-refractivity contribution in [3.63, 3.8) is 0 Å². The number of anilines is 1. The molecule has 6 nitrogen and oxygen atoms in total. The number of furan rings is 1. The van der Waals surface area contributed by atoms with E-state index in [-0.39, 0.29) is 11.3 Å². The van der Waals surface area contributed by atoms with E-state index in [4.69, 9.17) is 4.42 Å². The number of nitrogens with zero attached hydrogens (tertiary/aromatic N) is 3. The predicted octanol–water partition coefficient (Wildman–Crippen LogP) is 3.77. The van der Waals surface area contributed by atoms with Gasteiger partial charge in [-0.15, -0.1) is 0 Å². The van der Waals surface area contributed by atoms with Gasteiger partial charge in [-0.3, -0.25) is 14.5 Å². The van der Waals surface area contributed by atoms with Crippen LogP contribution in [0.5, 0.6) is 0 Å². The first-order valence-electron chi connectivity index (χ1n) is 8.02. The van der Waals surface area contributed by atoms with Crippen LogP contribution >= 0.6 is 0 Å². The van der Waals surface area contributed by atoms with E-state index in [2.05, 4.69) is 15.4 Å². The molecule has 4 rings (SSSR count). The van der Waals surface area contributed by atoms with Crippen molar-refractivity contribution in [1.82, 2.24) is 14.8 Å². The van der Waals surface area contributed by atoms with Gasteiger partial charge in [-0.2, -0.15) is 5.10 Å². The van der Waals surface area contributed by atoms with E-state index in [1.165, 1.54) is 12.1 Å². The zero-order valence-electron chi connectivity index (χ0n) is 13.9. The summed E-state index contributed by atoms with van der Waals surface area (Å²) in [6.07, 6.45) is 5.19. The predicted molar refractivity (Wildman–Crippen MR) is 94.4 cm³/mol. The van der Waals surface area contributed by atoms with E-state index in [0.717, 1.165) is 11.1 Å². The molecule has 1 aromatic carbocycles. The molecule has 0 radical (unpaired) electrons. The largest absolute Gasteiger partial charge is 0.448 e. The van der Waals surface area contributed by atoms with Gasteiger partial charge in [0.05, 0.1) is 6.54 Å². The van der Waals surface area contributed by atoms with Crippen molar-refractivity contribution >= 4 is 22.7 Å². The molecule has 0 aliphatic rings. The standard InChI is InChI=1S/C19H15FN4O2/c1-12-2-3-15(20)18-14(12)10-16(26-18)19(25)22-17-6-9-24(23-17)11-13-4-7-21-8-5-13/h2-10H,11H2,1H3,(H,22,23,25). The van der Waals surface area contributed by atoms with Gasteiger partial charge in [0.1, 0.15) is 0 Å². The summed E-state index contributed by atoms with van der Waals surface area (Å²) >= 11 is 0. The number of rotatable bonds is 4. The van der Waals surface area contributed by atoms with Crippen LogP contribution in [-0.4, -0.2) is 20.7 Å². The second-order valence-corrected chi connectivity index (χ2v) is 5.93. The molecule has 0 atom stereocenters. The number of hydrogen-bond acceptors (Lipinski definition) is 4. The number of halogens is 1. The second-order valence-electron chi connectivity index (χ2n) is 5.93. The molecule has 3 aromatic heterocycles. The lowest BCUT2D eigenvalue weighted by Crippen LogP contribution is -2.12. The van der Waals surface area contributed by atoms with E-state index < -0.39 is 11.7 Å². The molecule has 1 N–H and O–H groups in total. The monoisotopic (exact) mass is 350 g/mol. The van der Waals surface area contributed by atoms with Crippen LogP contribution in [0.1, 0.15) is 21.7 Å². The summed E-state index contributed by atoms with van der Waals surface area (Å²) in [5.74, 6) is -0.543. The van der Waals surface area contributed by atoms with Gasteiger partial charge < -0.3 is 9.73 Å². The molecule has 0 spiro atoms. The van der Waals surface area contributed by atoms with Crippen molar-refractivity contribution in [2.75, 3.05) is 5.32 Å². The molecule has 26 heavy (non-hydrogen) atoms. The third kappa shape index (κ3) is 3.06. The maximum absolute atomic E-state index is 13.8. The maximum atomic E-state index is 13.8. The van der Waals surface area contributed by atoms with Crippen molar-refractivity contribution in [2.45, 2.75) is 13.5 Å². The molecular weight excluding hydrogens is 335 g/mol. The highest BCUT2D eigenvalue weighted by Crippen LogP contribution is 2.25. The van der Waals surface area contributed by atoms with E-state index in [0.29, 0.717) is 17.7 Å². The van der Waals surface area contributed by atoms with Crippen LogP contribution in [0.3, 0.4) is 0 Å². The van der Waals surface area contributed by atoms with Crippen LogP contribution < -0.4 is 5.32 Å². The van der Waals surface area contributed by atoms with Gasteiger partial charge in [-0.25, -0.2) is 4.39 Å². The molecule has 0 saturated heterocycles. The fourth-order valence-corrected chi connectivity index (χ4v) is 2.71. The lowest BCUT2D eigenvalue weighted by atomic mass is 10.1. The molecule has 130 valence electrons. The molecule has 0 saturated carbocycles. The normalized spacial score (nSPS) is 11.0. The Balaban J connectivity index is 1.52. The minimum atomic E-state index is -0.494. The number of hydrogen-bond donors (Lipinski definition) is 1. The number of fused-ring (bicyclic) bond motifs is 1. The molecule has 0 unspecified atom stereocenters. The molecule has 7 heteroatoms. The Kier molecular flexibility index (Phi) is 3.96. The van der Waals surface area contributed by atoms with Crippen molar-refractivity contribution in [3.8, 4) is 0 Å². The van der Waals surface area contributed by atoms with Gasteiger partial charge >= 0.3 is 0 Å². The summed E-state index contributed by atoms with van der Waals surface area (Å²) in [5.41, 5.74) is 1.97. The third-order valence-electron chi connectivity index (χ3n) is 4.05. The molecule has 0 aliphatic heterocycles. The number of carbonyl (C=O) groups is 1. The molecule has 3 heterocycles. The number of carbonyl (C=O) groups excluding carboxylic acids is 1. The van der Waals surface area contributed by atoms with Crippen LogP contribution in [0.25, 0.3) is 11.0 Å². The van der Waals surface area contributed by atoms with E-state index in [1.54, 1.807) is 35.4 Å². The smallest absolute Gasteiger partial charge is 0.292 e. The first kappa shape index (κ1) is 16.0. The summed E-state index contributed by atoms with van der Waals surface area (Å²) in [6, 6.07) is 9.99. The van der Waals surface area contributed by atoms with Gasteiger partial charge in [0.15, 0.2) is 23.0 Å². The van der Waals surface area contributed by atoms with Gasteiger partial charge in [0.25, 0.3) is 5.91 Å². The third-order valence-corrected chi connectivity index (χ3v) is 4.05. The molecule has 4 aromatic rings. The summed E-state index contributed by atoms with van der Waals surface area (Å²) in [5, 5.41) is 7.56. The Morgan fingerprint density at radius 3 is 2.81 bits per heavy atom. The van der Waals surface area contributed by atoms with Gasteiger partial charge in [0, 0.05) is 30.0 Å². The van der Waals surface area contributed by atoms with Crippen molar-refractivity contribution in [3.05, 3.63) is 77.7 Å². The lowest BCUT2D eigenvalue weighted by molar-refractivity contribution is 0.0998. The fourth-order valence-electron chi connectivity index (χ4n) is 2.71. The zero-order chi connectivity index (χ0) is 18.1. The minimum Gasteiger partial charge on any atom is -0.448 e. The van der Waals surface area contributed by atoms with E-state index in [9.17, 15) is 9.18 Å². The van der Waals surface area contributed by atoms with Crippen molar-refractivity contribution in [2.24, 2.45) is 0 Å². The van der Waals surface area contributed by atoms with Crippen molar-refractivity contribution < 1.29 is 13.6 Å². The number of benzene rings is 1. The first-order chi connectivity index (χ1) is 12.6. The summed E-state index contributed by atoms with van der Waals surface area (Å²) < 4.78 is 20.9. The van der Waals surface area contributed by atoms with Gasteiger partial charge in [-0.05, 0) is 42.3 Å². The highest BCUT2D eigenvalue weighted by atomic mass is 19.1. The van der Waals surface area contributed by atoms with Crippen LogP contribution in [0.2, 0.25) is 0 Å². The number of pyridine rings is 1. The minimum absolute atomic E-state index is 0.0388. The number of nitrogens with one attached hydrogen (secondary N) is 1. The van der Waals surface area contributed by atoms with E-state index in [1.807, 2.05) is 19.1 Å². The fraction of sp³-hybridized carbons (Fsp3) is 0.105. The number of aromatic nitrogens is 3. The summed E-state index contributed by atoms with van der Waals surface area (Å²) in [4.78, 5) is 16.4. The van der Waals surface area contributed by atoms with Crippen LogP contribution in [0, 0.1) is 12.7 Å². The molecule has 0 fully saturated rings. The Morgan fingerprint density at radius 2 is 2.04 bits per heavy atom. The van der Waals surface area contributed by atoms with Crippen molar-refractivity contribution in [1.29, 1.82) is 0 Å². The quantitative estimate of drug-likeness (QED) is 0.608.